The maximum absolute atomic E-state index is 13.1. The van der Waals surface area contributed by atoms with Crippen LogP contribution < -0.4 is 10.6 Å². The molecule has 0 spiro atoms. The molecule has 0 bridgehead atoms. The number of aliphatic hydroxyl groups is 2. The topological polar surface area (TPSA) is 150 Å². The van der Waals surface area contributed by atoms with E-state index < -0.39 is 16.9 Å². The summed E-state index contributed by atoms with van der Waals surface area (Å²) in [6.07, 6.45) is 2.05. The van der Waals surface area contributed by atoms with Crippen molar-refractivity contribution in [1.82, 2.24) is 20.4 Å². The van der Waals surface area contributed by atoms with Crippen molar-refractivity contribution in [2.45, 2.75) is 50.5 Å². The average molecular weight is 627 g/mol. The zero-order valence-corrected chi connectivity index (χ0v) is 25.9. The molecule has 2 atom stereocenters. The second-order valence-corrected chi connectivity index (χ2v) is 12.9. The third-order valence-electron chi connectivity index (χ3n) is 7.07. The molecule has 4 aromatic rings. The molecule has 0 aliphatic heterocycles. The lowest BCUT2D eigenvalue weighted by atomic mass is 9.78. The van der Waals surface area contributed by atoms with Crippen molar-refractivity contribution in [3.8, 4) is 0 Å². The first-order valence-electron chi connectivity index (χ1n) is 13.6. The first-order chi connectivity index (χ1) is 20.3. The van der Waals surface area contributed by atoms with E-state index in [2.05, 4.69) is 31.0 Å². The average Bonchev–Trinajstić information content (AvgIpc) is 3.67. The van der Waals surface area contributed by atoms with Gasteiger partial charge in [-0.2, -0.15) is 11.8 Å². The van der Waals surface area contributed by atoms with E-state index in [0.29, 0.717) is 35.1 Å². The van der Waals surface area contributed by atoms with Gasteiger partial charge in [0.25, 0.3) is 5.91 Å². The van der Waals surface area contributed by atoms with E-state index in [-0.39, 0.29) is 18.9 Å². The van der Waals surface area contributed by atoms with E-state index in [9.17, 15) is 19.8 Å². The molecule has 42 heavy (non-hydrogen) atoms. The van der Waals surface area contributed by atoms with Gasteiger partial charge in [-0.1, -0.05) is 97.2 Å². The number of anilines is 2. The molecule has 0 fully saturated rings. The fourth-order valence-corrected chi connectivity index (χ4v) is 6.99. The number of carbonyl (C=O) groups excluding carboxylic acids is 2. The van der Waals surface area contributed by atoms with Crippen LogP contribution in [0.5, 0.6) is 0 Å². The molecule has 4 rings (SSSR count). The number of carbonyl (C=O) groups is 2. The Kier molecular flexibility index (Phi) is 11.2. The minimum Gasteiger partial charge on any atom is -0.395 e. The third-order valence-corrected chi connectivity index (χ3v) is 9.85. The summed E-state index contributed by atoms with van der Waals surface area (Å²) in [6.45, 7) is 3.33. The highest BCUT2D eigenvalue weighted by molar-refractivity contribution is 7.99. The molecule has 2 unspecified atom stereocenters. The molecule has 0 saturated heterocycles. The van der Waals surface area contributed by atoms with Crippen molar-refractivity contribution in [2.24, 2.45) is 0 Å². The first-order valence-corrected chi connectivity index (χ1v) is 16.4. The number of aryl methyl sites for hydroxylation is 2. The standard InChI is InChI=1S/C29H34N6O4S3/c1-3-28(19-36,20-11-7-5-8-12-20)24(37)30-26-34-32-22(41-26)15-17-40-18-16-23-33-35-27(42-23)31-25(38)29(39,4-2)21-13-9-6-10-14-21/h5-14,36,39H,3-4,15-19H2,1-2H3,(H,30,34,37)(H,31,35,38). The van der Waals surface area contributed by atoms with Gasteiger partial charge in [-0.3, -0.25) is 20.2 Å². The van der Waals surface area contributed by atoms with Gasteiger partial charge < -0.3 is 10.2 Å². The number of nitrogens with one attached hydrogen (secondary N) is 2. The largest absolute Gasteiger partial charge is 0.395 e. The summed E-state index contributed by atoms with van der Waals surface area (Å²) in [7, 11) is 0. The lowest BCUT2D eigenvalue weighted by molar-refractivity contribution is -0.135. The predicted octanol–water partition coefficient (Wildman–Crippen LogP) is 4.42. The highest BCUT2D eigenvalue weighted by atomic mass is 32.2. The quantitative estimate of drug-likeness (QED) is 0.141. The van der Waals surface area contributed by atoms with Crippen LogP contribution in [0, 0.1) is 0 Å². The number of thioether (sulfide) groups is 1. The van der Waals surface area contributed by atoms with Crippen molar-refractivity contribution < 1.29 is 19.8 Å². The number of hydrogen-bond donors (Lipinski definition) is 4. The molecule has 10 nitrogen and oxygen atoms in total. The van der Waals surface area contributed by atoms with Crippen LogP contribution in [0.2, 0.25) is 0 Å². The Hall–Kier alpha value is -3.23. The summed E-state index contributed by atoms with van der Waals surface area (Å²) in [6, 6.07) is 18.1. The summed E-state index contributed by atoms with van der Waals surface area (Å²) >= 11 is 4.36. The van der Waals surface area contributed by atoms with Gasteiger partial charge in [0, 0.05) is 12.8 Å². The molecule has 0 aliphatic rings. The number of nitrogens with zero attached hydrogens (tertiary/aromatic N) is 4. The zero-order chi connectivity index (χ0) is 30.0. The van der Waals surface area contributed by atoms with Crippen LogP contribution in [0.1, 0.15) is 47.8 Å². The van der Waals surface area contributed by atoms with Crippen LogP contribution in [-0.2, 0) is 33.4 Å². The Balaban J connectivity index is 1.22. The fourth-order valence-electron chi connectivity index (χ4n) is 4.39. The maximum atomic E-state index is 13.1. The Morgan fingerprint density at radius 3 is 1.74 bits per heavy atom. The van der Waals surface area contributed by atoms with Crippen LogP contribution in [-0.4, -0.2) is 60.5 Å². The van der Waals surface area contributed by atoms with E-state index >= 15 is 0 Å². The van der Waals surface area contributed by atoms with Crippen molar-refractivity contribution in [3.63, 3.8) is 0 Å². The van der Waals surface area contributed by atoms with Gasteiger partial charge in [0.2, 0.25) is 16.2 Å². The SMILES string of the molecule is CCC(O)(C(=O)Nc1nnc(CCSCCc2nnc(NC(=O)C(CC)(CO)c3ccccc3)s2)s1)c1ccccc1. The molecule has 222 valence electrons. The molecule has 0 radical (unpaired) electrons. The van der Waals surface area contributed by atoms with Crippen LogP contribution in [0.3, 0.4) is 0 Å². The number of amides is 2. The Morgan fingerprint density at radius 1 is 0.762 bits per heavy atom. The Morgan fingerprint density at radius 2 is 1.26 bits per heavy atom. The minimum atomic E-state index is -1.64. The first kappa shape index (κ1) is 31.7. The normalized spacial score (nSPS) is 14.1. The predicted molar refractivity (Wildman–Crippen MR) is 168 cm³/mol. The highest BCUT2D eigenvalue weighted by Gasteiger charge is 2.39. The van der Waals surface area contributed by atoms with Crippen molar-refractivity contribution in [1.29, 1.82) is 0 Å². The van der Waals surface area contributed by atoms with Gasteiger partial charge in [0.15, 0.2) is 5.60 Å². The minimum absolute atomic E-state index is 0.226. The van der Waals surface area contributed by atoms with Crippen LogP contribution in [0.15, 0.2) is 60.7 Å². The third kappa shape index (κ3) is 7.39. The number of aromatic nitrogens is 4. The lowest BCUT2D eigenvalue weighted by Gasteiger charge is -2.29. The van der Waals surface area contributed by atoms with Crippen LogP contribution in [0.4, 0.5) is 10.3 Å². The summed E-state index contributed by atoms with van der Waals surface area (Å²) in [5.74, 6) is 0.784. The van der Waals surface area contributed by atoms with Gasteiger partial charge in [-0.05, 0) is 35.5 Å². The van der Waals surface area contributed by atoms with Crippen molar-refractivity contribution in [2.75, 3.05) is 28.7 Å². The molecule has 2 aromatic carbocycles. The zero-order valence-electron chi connectivity index (χ0n) is 23.4. The second kappa shape index (κ2) is 14.8. The Labute approximate surface area is 257 Å². The van der Waals surface area contributed by atoms with E-state index in [1.165, 1.54) is 22.7 Å². The number of benzene rings is 2. The molecule has 2 heterocycles. The molecule has 2 aromatic heterocycles. The van der Waals surface area contributed by atoms with Gasteiger partial charge in [-0.25, -0.2) is 0 Å². The van der Waals surface area contributed by atoms with Gasteiger partial charge in [-0.15, -0.1) is 20.4 Å². The van der Waals surface area contributed by atoms with Gasteiger partial charge >= 0.3 is 0 Å². The van der Waals surface area contributed by atoms with E-state index in [1.807, 2.05) is 43.3 Å². The lowest BCUT2D eigenvalue weighted by Crippen LogP contribution is -2.43. The molecule has 13 heteroatoms. The number of hydrogen-bond acceptors (Lipinski definition) is 11. The maximum Gasteiger partial charge on any atom is 0.262 e. The highest BCUT2D eigenvalue weighted by Crippen LogP contribution is 2.31. The molecule has 0 aliphatic carbocycles. The summed E-state index contributed by atoms with van der Waals surface area (Å²) in [5.41, 5.74) is -1.40. The molecule has 0 saturated carbocycles. The van der Waals surface area contributed by atoms with Crippen molar-refractivity contribution in [3.05, 3.63) is 81.8 Å². The summed E-state index contributed by atoms with van der Waals surface area (Å²) in [5, 5.41) is 45.6. The molecule has 4 N–H and O–H groups in total. The second-order valence-electron chi connectivity index (χ2n) is 9.56. The Bertz CT molecular complexity index is 1450. The molecule has 2 amide bonds. The van der Waals surface area contributed by atoms with E-state index in [4.69, 9.17) is 0 Å². The smallest absolute Gasteiger partial charge is 0.262 e. The van der Waals surface area contributed by atoms with Crippen molar-refractivity contribution >= 4 is 56.5 Å². The summed E-state index contributed by atoms with van der Waals surface area (Å²) in [4.78, 5) is 26.0. The van der Waals surface area contributed by atoms with Gasteiger partial charge in [0.1, 0.15) is 10.0 Å². The molecular weight excluding hydrogens is 593 g/mol. The monoisotopic (exact) mass is 626 g/mol. The van der Waals surface area contributed by atoms with E-state index in [1.54, 1.807) is 43.0 Å². The van der Waals surface area contributed by atoms with Crippen LogP contribution in [0.25, 0.3) is 0 Å². The summed E-state index contributed by atoms with van der Waals surface area (Å²) < 4.78 is 0. The number of rotatable bonds is 15. The van der Waals surface area contributed by atoms with E-state index in [0.717, 1.165) is 27.1 Å². The fraction of sp³-hybridized carbons (Fsp3) is 0.379. The molecular formula is C29H34N6O4S3. The van der Waals surface area contributed by atoms with Gasteiger partial charge in [0.05, 0.1) is 12.0 Å². The number of aliphatic hydroxyl groups excluding tert-OH is 1. The van der Waals surface area contributed by atoms with Crippen LogP contribution >= 0.6 is 34.4 Å².